The molecule has 22 heavy (non-hydrogen) atoms. The predicted octanol–water partition coefficient (Wildman–Crippen LogP) is 2.86. The summed E-state index contributed by atoms with van der Waals surface area (Å²) in [5, 5.41) is 4.97. The molecule has 0 atom stereocenters. The van der Waals surface area contributed by atoms with Gasteiger partial charge in [0.1, 0.15) is 0 Å². The molecule has 1 aromatic carbocycles. The first-order valence-corrected chi connectivity index (χ1v) is 6.25. The molecule has 0 aromatic heterocycles. The van der Waals surface area contributed by atoms with E-state index in [9.17, 15) is 9.59 Å². The summed E-state index contributed by atoms with van der Waals surface area (Å²) in [6.45, 7) is 10.3. The quantitative estimate of drug-likeness (QED) is 0.603. The normalized spacial score (nSPS) is 9.18. The molecule has 0 fully saturated rings. The molecule has 0 aliphatic heterocycles. The number of nitrogens with one attached hydrogen (secondary N) is 4. The molecule has 0 unspecified atom stereocenters. The number of allylic oxidation sites excluding steroid dienone is 2. The Hall–Kier alpha value is -3.16. The van der Waals surface area contributed by atoms with Crippen LogP contribution in [0.2, 0.25) is 0 Å². The van der Waals surface area contributed by atoms with Crippen molar-refractivity contribution in [2.45, 2.75) is 13.8 Å². The van der Waals surface area contributed by atoms with Gasteiger partial charge in [0, 0.05) is 22.8 Å². The van der Waals surface area contributed by atoms with Crippen molar-refractivity contribution in [3.63, 3.8) is 0 Å². The SMILES string of the molecule is C=C(C)NOC(=O)Nc1ccc(NC(=O)ONC(=C)C)cc1. The van der Waals surface area contributed by atoms with Crippen molar-refractivity contribution in [1.29, 1.82) is 0 Å². The van der Waals surface area contributed by atoms with Crippen LogP contribution in [0.25, 0.3) is 0 Å². The van der Waals surface area contributed by atoms with Gasteiger partial charge in [-0.15, -0.1) is 0 Å². The van der Waals surface area contributed by atoms with E-state index in [2.05, 4.69) is 44.4 Å². The van der Waals surface area contributed by atoms with Crippen LogP contribution in [0.3, 0.4) is 0 Å². The van der Waals surface area contributed by atoms with Gasteiger partial charge in [0.25, 0.3) is 0 Å². The molecule has 0 saturated carbocycles. The third-order valence-corrected chi connectivity index (χ3v) is 2.01. The second-order valence-corrected chi connectivity index (χ2v) is 4.37. The largest absolute Gasteiger partial charge is 0.435 e. The summed E-state index contributed by atoms with van der Waals surface area (Å²) in [5.41, 5.74) is 6.64. The summed E-state index contributed by atoms with van der Waals surface area (Å²) in [4.78, 5) is 32.1. The van der Waals surface area contributed by atoms with E-state index in [1.807, 2.05) is 0 Å². The molecule has 2 amide bonds. The maximum Gasteiger partial charge on any atom is 0.435 e. The van der Waals surface area contributed by atoms with Gasteiger partial charge in [-0.2, -0.15) is 0 Å². The maximum atomic E-state index is 11.4. The van der Waals surface area contributed by atoms with Crippen molar-refractivity contribution >= 4 is 23.6 Å². The molecule has 118 valence electrons. The Bertz CT molecular complexity index is 518. The Morgan fingerprint density at radius 3 is 1.41 bits per heavy atom. The lowest BCUT2D eigenvalue weighted by atomic mass is 10.3. The van der Waals surface area contributed by atoms with E-state index in [-0.39, 0.29) is 0 Å². The van der Waals surface area contributed by atoms with Crippen LogP contribution in [0.1, 0.15) is 13.8 Å². The van der Waals surface area contributed by atoms with E-state index in [0.29, 0.717) is 22.8 Å². The fraction of sp³-hybridized carbons (Fsp3) is 0.143. The second-order valence-electron chi connectivity index (χ2n) is 4.37. The predicted molar refractivity (Wildman–Crippen MR) is 82.5 cm³/mol. The van der Waals surface area contributed by atoms with Crippen molar-refractivity contribution in [3.8, 4) is 0 Å². The lowest BCUT2D eigenvalue weighted by Crippen LogP contribution is -2.23. The smallest absolute Gasteiger partial charge is 0.324 e. The molecular weight excluding hydrogens is 288 g/mol. The molecule has 0 spiro atoms. The van der Waals surface area contributed by atoms with Crippen LogP contribution < -0.4 is 21.6 Å². The van der Waals surface area contributed by atoms with Crippen LogP contribution >= 0.6 is 0 Å². The lowest BCUT2D eigenvalue weighted by molar-refractivity contribution is 0.119. The number of hydrogen-bond acceptors (Lipinski definition) is 6. The van der Waals surface area contributed by atoms with E-state index in [0.717, 1.165) is 0 Å². The Balaban J connectivity index is 2.45. The van der Waals surface area contributed by atoms with Crippen molar-refractivity contribution < 1.29 is 19.3 Å². The molecule has 0 aliphatic rings. The van der Waals surface area contributed by atoms with Crippen molar-refractivity contribution in [2.75, 3.05) is 10.6 Å². The number of hydroxylamine groups is 2. The highest BCUT2D eigenvalue weighted by Crippen LogP contribution is 2.13. The number of carbonyl (C=O) groups is 2. The summed E-state index contributed by atoms with van der Waals surface area (Å²) in [6, 6.07) is 6.35. The van der Waals surface area contributed by atoms with E-state index < -0.39 is 12.2 Å². The maximum absolute atomic E-state index is 11.4. The van der Waals surface area contributed by atoms with Crippen LogP contribution in [-0.4, -0.2) is 12.2 Å². The van der Waals surface area contributed by atoms with Crippen molar-refractivity contribution in [3.05, 3.63) is 48.8 Å². The summed E-state index contributed by atoms with van der Waals surface area (Å²) in [5.74, 6) is 0. The van der Waals surface area contributed by atoms with Gasteiger partial charge in [-0.1, -0.05) is 13.2 Å². The minimum atomic E-state index is -0.686. The minimum absolute atomic E-state index is 0.493. The number of carbonyl (C=O) groups excluding carboxylic acids is 2. The van der Waals surface area contributed by atoms with Gasteiger partial charge in [-0.3, -0.25) is 10.6 Å². The van der Waals surface area contributed by atoms with Gasteiger partial charge in [-0.05, 0) is 38.1 Å². The lowest BCUT2D eigenvalue weighted by Gasteiger charge is -2.09. The van der Waals surface area contributed by atoms with Crippen LogP contribution in [0, 0.1) is 0 Å². The molecule has 0 heterocycles. The number of amides is 2. The van der Waals surface area contributed by atoms with E-state index in [4.69, 9.17) is 0 Å². The molecular formula is C14H18N4O4. The Morgan fingerprint density at radius 2 is 1.14 bits per heavy atom. The highest BCUT2D eigenvalue weighted by atomic mass is 16.7. The van der Waals surface area contributed by atoms with E-state index >= 15 is 0 Å². The molecule has 0 saturated heterocycles. The standard InChI is InChI=1S/C14H18N4O4/c1-9(2)17-21-13(19)15-11-5-7-12(8-6-11)16-14(20)22-18-10(3)4/h5-8,17-18H,1,3H2,2,4H3,(H,15,19)(H,16,20). The number of hydrogen-bond donors (Lipinski definition) is 4. The van der Waals surface area contributed by atoms with Crippen LogP contribution in [0.5, 0.6) is 0 Å². The third-order valence-electron chi connectivity index (χ3n) is 2.01. The fourth-order valence-corrected chi connectivity index (χ4v) is 1.19. The van der Waals surface area contributed by atoms with E-state index in [1.165, 1.54) is 0 Å². The number of rotatable bonds is 6. The molecule has 8 heteroatoms. The van der Waals surface area contributed by atoms with Crippen molar-refractivity contribution in [1.82, 2.24) is 11.0 Å². The van der Waals surface area contributed by atoms with Crippen LogP contribution in [0.15, 0.2) is 48.8 Å². The average molecular weight is 306 g/mol. The Labute approximate surface area is 128 Å². The van der Waals surface area contributed by atoms with Gasteiger partial charge >= 0.3 is 12.2 Å². The van der Waals surface area contributed by atoms with E-state index in [1.54, 1.807) is 38.1 Å². The zero-order chi connectivity index (χ0) is 16.5. The molecule has 8 nitrogen and oxygen atoms in total. The van der Waals surface area contributed by atoms with Crippen LogP contribution in [0.4, 0.5) is 21.0 Å². The summed E-state index contributed by atoms with van der Waals surface area (Å²) >= 11 is 0. The summed E-state index contributed by atoms with van der Waals surface area (Å²) < 4.78 is 0. The topological polar surface area (TPSA) is 101 Å². The monoisotopic (exact) mass is 306 g/mol. The highest BCUT2D eigenvalue weighted by molar-refractivity contribution is 5.87. The van der Waals surface area contributed by atoms with Gasteiger partial charge < -0.3 is 9.68 Å². The van der Waals surface area contributed by atoms with Gasteiger partial charge in [0.2, 0.25) is 0 Å². The first-order chi connectivity index (χ1) is 10.4. The van der Waals surface area contributed by atoms with Gasteiger partial charge in [0.05, 0.1) is 0 Å². The van der Waals surface area contributed by atoms with Crippen molar-refractivity contribution in [2.24, 2.45) is 0 Å². The zero-order valence-corrected chi connectivity index (χ0v) is 12.4. The number of anilines is 2. The molecule has 1 aromatic rings. The Morgan fingerprint density at radius 1 is 0.818 bits per heavy atom. The minimum Gasteiger partial charge on any atom is -0.324 e. The first kappa shape index (κ1) is 16.9. The molecule has 4 N–H and O–H groups in total. The van der Waals surface area contributed by atoms with Crippen LogP contribution in [-0.2, 0) is 9.68 Å². The molecule has 1 rings (SSSR count). The summed E-state index contributed by atoms with van der Waals surface area (Å²) in [7, 11) is 0. The summed E-state index contributed by atoms with van der Waals surface area (Å²) in [6.07, 6.45) is -1.37. The zero-order valence-electron chi connectivity index (χ0n) is 12.4. The highest BCUT2D eigenvalue weighted by Gasteiger charge is 2.05. The second kappa shape index (κ2) is 8.20. The Kier molecular flexibility index (Phi) is 6.30. The first-order valence-electron chi connectivity index (χ1n) is 6.25. The van der Waals surface area contributed by atoms with Gasteiger partial charge in [0.15, 0.2) is 0 Å². The average Bonchev–Trinajstić information content (AvgIpc) is 2.45. The molecule has 0 bridgehead atoms. The molecule has 0 radical (unpaired) electrons. The van der Waals surface area contributed by atoms with Gasteiger partial charge in [-0.25, -0.2) is 20.5 Å². The molecule has 0 aliphatic carbocycles. The third kappa shape index (κ3) is 6.85. The fourth-order valence-electron chi connectivity index (χ4n) is 1.19. The number of benzene rings is 1.